The Morgan fingerprint density at radius 1 is 1.05 bits per heavy atom. The summed E-state index contributed by atoms with van der Waals surface area (Å²) in [5.74, 6) is -4.59. The third-order valence-corrected chi connectivity index (χ3v) is 2.93. The molecule has 2 rings (SSSR count). The molecule has 0 heterocycles. The van der Waals surface area contributed by atoms with Crippen molar-refractivity contribution in [1.29, 1.82) is 0 Å². The third-order valence-electron chi connectivity index (χ3n) is 2.93. The molecule has 0 fully saturated rings. The second-order valence-corrected chi connectivity index (χ2v) is 4.39. The average Bonchev–Trinajstić information content (AvgIpc) is 2.42. The minimum atomic E-state index is -1.46. The maximum absolute atomic E-state index is 13.2. The molecule has 0 atom stereocenters. The van der Waals surface area contributed by atoms with E-state index in [1.54, 1.807) is 31.2 Å². The molecule has 0 aliphatic carbocycles. The molecule has 0 radical (unpaired) electrons. The fourth-order valence-corrected chi connectivity index (χ4v) is 1.84. The van der Waals surface area contributed by atoms with Crippen molar-refractivity contribution in [3.63, 3.8) is 0 Å². The number of carboxylic acids is 1. The summed E-state index contributed by atoms with van der Waals surface area (Å²) in [5, 5.41) is 11.3. The highest BCUT2D eigenvalue weighted by atomic mass is 19.2. The van der Waals surface area contributed by atoms with Crippen molar-refractivity contribution < 1.29 is 23.5 Å². The molecule has 0 aromatic heterocycles. The van der Waals surface area contributed by atoms with Gasteiger partial charge in [0.15, 0.2) is 11.6 Å². The van der Waals surface area contributed by atoms with Gasteiger partial charge < -0.3 is 10.4 Å². The van der Waals surface area contributed by atoms with Crippen LogP contribution in [-0.4, -0.2) is 17.0 Å². The zero-order valence-corrected chi connectivity index (χ0v) is 11.0. The maximum atomic E-state index is 13.2. The van der Waals surface area contributed by atoms with Gasteiger partial charge in [0.2, 0.25) is 0 Å². The number of amides is 1. The number of benzene rings is 2. The second-order valence-electron chi connectivity index (χ2n) is 4.39. The van der Waals surface area contributed by atoms with E-state index in [4.69, 9.17) is 5.11 Å². The first-order chi connectivity index (χ1) is 9.90. The van der Waals surface area contributed by atoms with Gasteiger partial charge >= 0.3 is 5.97 Å². The number of carbonyl (C=O) groups is 2. The number of hydrogen-bond donors (Lipinski definition) is 2. The van der Waals surface area contributed by atoms with Crippen LogP contribution in [0, 0.1) is 18.6 Å². The van der Waals surface area contributed by atoms with E-state index in [9.17, 15) is 18.4 Å². The summed E-state index contributed by atoms with van der Waals surface area (Å²) in [5.41, 5.74) is 0.179. The normalized spacial score (nSPS) is 10.2. The zero-order chi connectivity index (χ0) is 15.6. The predicted molar refractivity (Wildman–Crippen MR) is 72.4 cm³/mol. The van der Waals surface area contributed by atoms with Crippen molar-refractivity contribution in [1.82, 2.24) is 0 Å². The van der Waals surface area contributed by atoms with E-state index >= 15 is 0 Å². The van der Waals surface area contributed by atoms with Gasteiger partial charge in [-0.3, -0.25) is 4.79 Å². The zero-order valence-electron chi connectivity index (χ0n) is 11.0. The summed E-state index contributed by atoms with van der Waals surface area (Å²) in [6.07, 6.45) is 0. The summed E-state index contributed by atoms with van der Waals surface area (Å²) in [7, 11) is 0. The van der Waals surface area contributed by atoms with Crippen molar-refractivity contribution in [2.75, 3.05) is 5.32 Å². The Morgan fingerprint density at radius 3 is 2.29 bits per heavy atom. The van der Waals surface area contributed by atoms with Crippen molar-refractivity contribution in [3.8, 4) is 0 Å². The molecule has 2 aromatic rings. The van der Waals surface area contributed by atoms with Crippen molar-refractivity contribution in [3.05, 3.63) is 64.7 Å². The molecular weight excluding hydrogens is 280 g/mol. The summed E-state index contributed by atoms with van der Waals surface area (Å²) in [4.78, 5) is 23.1. The Bertz CT molecular complexity index is 729. The molecule has 2 N–H and O–H groups in total. The lowest BCUT2D eigenvalue weighted by atomic mass is 10.1. The van der Waals surface area contributed by atoms with Crippen LogP contribution in [0.1, 0.15) is 26.3 Å². The van der Waals surface area contributed by atoms with Gasteiger partial charge in [-0.05, 0) is 24.6 Å². The van der Waals surface area contributed by atoms with Crippen LogP contribution in [0.4, 0.5) is 14.5 Å². The van der Waals surface area contributed by atoms with Crippen LogP contribution in [0.5, 0.6) is 0 Å². The first-order valence-corrected chi connectivity index (χ1v) is 5.99. The monoisotopic (exact) mass is 291 g/mol. The Labute approximate surface area is 119 Å². The highest BCUT2D eigenvalue weighted by Gasteiger charge is 2.18. The van der Waals surface area contributed by atoms with Crippen molar-refractivity contribution in [2.45, 2.75) is 6.92 Å². The number of rotatable bonds is 3. The molecule has 0 unspecified atom stereocenters. The lowest BCUT2D eigenvalue weighted by Crippen LogP contribution is -2.16. The summed E-state index contributed by atoms with van der Waals surface area (Å²) < 4.78 is 26.3. The van der Waals surface area contributed by atoms with Crippen molar-refractivity contribution in [2.24, 2.45) is 0 Å². The molecule has 6 heteroatoms. The minimum absolute atomic E-state index is 0.297. The maximum Gasteiger partial charge on any atom is 0.337 e. The number of anilines is 1. The van der Waals surface area contributed by atoms with Crippen LogP contribution in [-0.2, 0) is 0 Å². The Morgan fingerprint density at radius 2 is 1.67 bits per heavy atom. The number of aromatic carboxylic acids is 1. The second kappa shape index (κ2) is 5.70. The van der Waals surface area contributed by atoms with Crippen LogP contribution in [0.15, 0.2) is 36.4 Å². The van der Waals surface area contributed by atoms with Crippen LogP contribution >= 0.6 is 0 Å². The standard InChI is InChI=1S/C15H11F2NO3/c1-8-4-2-3-5-9(8)14(19)18-13-7-12(17)11(16)6-10(13)15(20)21/h2-7H,1H3,(H,18,19)(H,20,21). The van der Waals surface area contributed by atoms with E-state index in [-0.39, 0.29) is 5.69 Å². The fraction of sp³-hybridized carbons (Fsp3) is 0.0667. The Kier molecular flexibility index (Phi) is 3.98. The molecule has 4 nitrogen and oxygen atoms in total. The van der Waals surface area contributed by atoms with Gasteiger partial charge in [0.05, 0.1) is 11.3 Å². The number of carbonyl (C=O) groups excluding carboxylic acids is 1. The largest absolute Gasteiger partial charge is 0.478 e. The molecule has 0 saturated heterocycles. The predicted octanol–water partition coefficient (Wildman–Crippen LogP) is 3.22. The van der Waals surface area contributed by atoms with Gasteiger partial charge in [0.25, 0.3) is 5.91 Å². The fourth-order valence-electron chi connectivity index (χ4n) is 1.84. The molecule has 1 amide bonds. The van der Waals surface area contributed by atoms with Crippen LogP contribution in [0.25, 0.3) is 0 Å². The number of aryl methyl sites for hydroxylation is 1. The van der Waals surface area contributed by atoms with Gasteiger partial charge in [0, 0.05) is 11.6 Å². The van der Waals surface area contributed by atoms with Gasteiger partial charge in [-0.25, -0.2) is 13.6 Å². The lowest BCUT2D eigenvalue weighted by molar-refractivity contribution is 0.0697. The third kappa shape index (κ3) is 3.05. The quantitative estimate of drug-likeness (QED) is 0.912. The summed E-state index contributed by atoms with van der Waals surface area (Å²) in [6, 6.07) is 7.82. The molecule has 0 bridgehead atoms. The topological polar surface area (TPSA) is 66.4 Å². The van der Waals surface area contributed by atoms with Gasteiger partial charge in [-0.1, -0.05) is 18.2 Å². The van der Waals surface area contributed by atoms with Crippen LogP contribution in [0.2, 0.25) is 0 Å². The number of carboxylic acid groups (broad SMARTS) is 1. The van der Waals surface area contributed by atoms with Gasteiger partial charge in [-0.2, -0.15) is 0 Å². The molecule has 108 valence electrons. The smallest absolute Gasteiger partial charge is 0.337 e. The van der Waals surface area contributed by atoms with Crippen LogP contribution in [0.3, 0.4) is 0 Å². The number of nitrogens with one attached hydrogen (secondary N) is 1. The molecule has 21 heavy (non-hydrogen) atoms. The van der Waals surface area contributed by atoms with Crippen molar-refractivity contribution >= 4 is 17.6 Å². The lowest BCUT2D eigenvalue weighted by Gasteiger charge is -2.10. The Balaban J connectivity index is 2.40. The minimum Gasteiger partial charge on any atom is -0.478 e. The molecule has 0 aliphatic rings. The van der Waals surface area contributed by atoms with Crippen LogP contribution < -0.4 is 5.32 Å². The highest BCUT2D eigenvalue weighted by Crippen LogP contribution is 2.21. The molecule has 2 aromatic carbocycles. The van der Waals surface area contributed by atoms with E-state index < -0.39 is 29.1 Å². The highest BCUT2D eigenvalue weighted by molar-refractivity contribution is 6.08. The van der Waals surface area contributed by atoms with E-state index in [0.29, 0.717) is 23.3 Å². The molecule has 0 saturated carbocycles. The first-order valence-electron chi connectivity index (χ1n) is 5.99. The number of hydrogen-bond acceptors (Lipinski definition) is 2. The summed E-state index contributed by atoms with van der Waals surface area (Å²) >= 11 is 0. The SMILES string of the molecule is Cc1ccccc1C(=O)Nc1cc(F)c(F)cc1C(=O)O. The molecule has 0 spiro atoms. The van der Waals surface area contributed by atoms with Gasteiger partial charge in [-0.15, -0.1) is 0 Å². The Hall–Kier alpha value is -2.76. The summed E-state index contributed by atoms with van der Waals surface area (Å²) in [6.45, 7) is 1.71. The van der Waals surface area contributed by atoms with E-state index in [1.807, 2.05) is 0 Å². The van der Waals surface area contributed by atoms with E-state index in [2.05, 4.69) is 5.32 Å². The first kappa shape index (κ1) is 14.6. The number of halogens is 2. The van der Waals surface area contributed by atoms with Gasteiger partial charge in [0.1, 0.15) is 0 Å². The van der Waals surface area contributed by atoms with E-state index in [1.165, 1.54) is 0 Å². The average molecular weight is 291 g/mol. The molecule has 0 aliphatic heterocycles. The van der Waals surface area contributed by atoms with E-state index in [0.717, 1.165) is 0 Å². The molecular formula is C15H11F2NO3.